The van der Waals surface area contributed by atoms with E-state index in [1.165, 1.54) is 19.2 Å². The number of amides is 1. The van der Waals surface area contributed by atoms with Crippen molar-refractivity contribution in [3.05, 3.63) is 30.1 Å². The van der Waals surface area contributed by atoms with Crippen LogP contribution in [0.3, 0.4) is 0 Å². The topological polar surface area (TPSA) is 75.7 Å². The number of nitrogens with one attached hydrogen (secondary N) is 1. The standard InChI is InChI=1S/C14H17FN2O4S/c1-17(22(2,19)20)11-14(18)16-9-5-6-10-21-13-8-4-3-7-12(13)15/h3-4,7-8H,9-11H2,1-2H3,(H,16,18). The summed E-state index contributed by atoms with van der Waals surface area (Å²) in [6, 6.07) is 5.96. The van der Waals surface area contributed by atoms with Crippen molar-refractivity contribution in [3.8, 4) is 17.6 Å². The van der Waals surface area contributed by atoms with E-state index in [-0.39, 0.29) is 25.4 Å². The van der Waals surface area contributed by atoms with Crippen molar-refractivity contribution in [2.24, 2.45) is 0 Å². The first-order chi connectivity index (χ1) is 10.3. The van der Waals surface area contributed by atoms with Gasteiger partial charge in [0.1, 0.15) is 6.61 Å². The van der Waals surface area contributed by atoms with Gasteiger partial charge in [-0.15, -0.1) is 0 Å². The number of carbonyl (C=O) groups excluding carboxylic acids is 1. The van der Waals surface area contributed by atoms with Crippen LogP contribution in [0.5, 0.6) is 5.75 Å². The summed E-state index contributed by atoms with van der Waals surface area (Å²) in [7, 11) is -2.08. The first-order valence-corrected chi connectivity index (χ1v) is 8.16. The van der Waals surface area contributed by atoms with Crippen LogP contribution in [0.1, 0.15) is 0 Å². The molecule has 1 aromatic carbocycles. The van der Waals surface area contributed by atoms with Crippen LogP contribution in [0.15, 0.2) is 24.3 Å². The van der Waals surface area contributed by atoms with Gasteiger partial charge in [0, 0.05) is 7.05 Å². The van der Waals surface area contributed by atoms with Gasteiger partial charge in [0.25, 0.3) is 0 Å². The normalized spacial score (nSPS) is 10.7. The molecule has 6 nitrogen and oxygen atoms in total. The highest BCUT2D eigenvalue weighted by molar-refractivity contribution is 7.88. The van der Waals surface area contributed by atoms with E-state index in [0.717, 1.165) is 10.6 Å². The number of likely N-dealkylation sites (N-methyl/N-ethyl adjacent to an activating group) is 1. The zero-order chi connectivity index (χ0) is 16.6. The van der Waals surface area contributed by atoms with Gasteiger partial charge < -0.3 is 10.1 Å². The second-order valence-corrected chi connectivity index (χ2v) is 6.46. The first-order valence-electron chi connectivity index (χ1n) is 6.32. The molecule has 0 fully saturated rings. The Hall–Kier alpha value is -2.11. The summed E-state index contributed by atoms with van der Waals surface area (Å²) in [6.45, 7) is -0.233. The van der Waals surface area contributed by atoms with E-state index in [1.54, 1.807) is 12.1 Å². The Morgan fingerprint density at radius 1 is 1.36 bits per heavy atom. The lowest BCUT2D eigenvalue weighted by atomic mass is 10.3. The van der Waals surface area contributed by atoms with Crippen molar-refractivity contribution in [1.82, 2.24) is 9.62 Å². The summed E-state index contributed by atoms with van der Waals surface area (Å²) in [5.74, 6) is 4.41. The zero-order valence-corrected chi connectivity index (χ0v) is 13.1. The fourth-order valence-corrected chi connectivity index (χ4v) is 1.66. The monoisotopic (exact) mass is 328 g/mol. The zero-order valence-electron chi connectivity index (χ0n) is 12.3. The third-order valence-corrected chi connectivity index (χ3v) is 3.83. The molecule has 0 aliphatic carbocycles. The van der Waals surface area contributed by atoms with Crippen molar-refractivity contribution in [1.29, 1.82) is 0 Å². The second kappa shape index (κ2) is 8.36. The van der Waals surface area contributed by atoms with Gasteiger partial charge in [-0.25, -0.2) is 12.8 Å². The van der Waals surface area contributed by atoms with E-state index in [0.29, 0.717) is 0 Å². The van der Waals surface area contributed by atoms with Crippen LogP contribution >= 0.6 is 0 Å². The van der Waals surface area contributed by atoms with Gasteiger partial charge in [0.15, 0.2) is 11.6 Å². The van der Waals surface area contributed by atoms with E-state index >= 15 is 0 Å². The Bertz CT molecular complexity index is 680. The third-order valence-electron chi connectivity index (χ3n) is 2.57. The van der Waals surface area contributed by atoms with Crippen LogP contribution in [0.2, 0.25) is 0 Å². The summed E-state index contributed by atoms with van der Waals surface area (Å²) in [5, 5.41) is 2.45. The molecule has 0 saturated carbocycles. The maximum atomic E-state index is 13.2. The quantitative estimate of drug-likeness (QED) is 0.758. The Labute approximate surface area is 129 Å². The number of carbonyl (C=O) groups is 1. The highest BCUT2D eigenvalue weighted by atomic mass is 32.2. The second-order valence-electron chi connectivity index (χ2n) is 4.37. The lowest BCUT2D eigenvalue weighted by Gasteiger charge is -2.12. The molecule has 22 heavy (non-hydrogen) atoms. The molecular weight excluding hydrogens is 311 g/mol. The smallest absolute Gasteiger partial charge is 0.236 e. The van der Waals surface area contributed by atoms with Gasteiger partial charge in [0.2, 0.25) is 15.9 Å². The molecule has 0 unspecified atom stereocenters. The number of benzene rings is 1. The van der Waals surface area contributed by atoms with E-state index in [4.69, 9.17) is 4.74 Å². The van der Waals surface area contributed by atoms with Crippen molar-refractivity contribution in [2.75, 3.05) is 33.0 Å². The molecule has 1 rings (SSSR count). The largest absolute Gasteiger partial charge is 0.478 e. The van der Waals surface area contributed by atoms with Gasteiger partial charge in [-0.2, -0.15) is 4.31 Å². The number of hydrogen-bond donors (Lipinski definition) is 1. The van der Waals surface area contributed by atoms with Crippen LogP contribution in [0.25, 0.3) is 0 Å². The van der Waals surface area contributed by atoms with Gasteiger partial charge in [-0.1, -0.05) is 24.0 Å². The Kier molecular flexibility index (Phi) is 6.82. The molecule has 0 aliphatic heterocycles. The van der Waals surface area contributed by atoms with Crippen LogP contribution in [-0.2, 0) is 14.8 Å². The predicted octanol–water partition coefficient (Wildman–Crippen LogP) is 0.215. The molecule has 0 radical (unpaired) electrons. The molecule has 0 spiro atoms. The van der Waals surface area contributed by atoms with Crippen LogP contribution < -0.4 is 10.1 Å². The molecule has 0 saturated heterocycles. The van der Waals surface area contributed by atoms with Gasteiger partial charge in [-0.05, 0) is 12.1 Å². The summed E-state index contributed by atoms with van der Waals surface area (Å²) in [5.41, 5.74) is 0. The number of halogens is 1. The Morgan fingerprint density at radius 2 is 2.05 bits per heavy atom. The van der Waals surface area contributed by atoms with E-state index < -0.39 is 21.7 Å². The number of ether oxygens (including phenoxy) is 1. The minimum Gasteiger partial charge on any atom is -0.478 e. The number of hydrogen-bond acceptors (Lipinski definition) is 4. The minimum atomic E-state index is -3.39. The van der Waals surface area contributed by atoms with E-state index in [9.17, 15) is 17.6 Å². The highest BCUT2D eigenvalue weighted by Crippen LogP contribution is 2.14. The number of nitrogens with zero attached hydrogens (tertiary/aromatic N) is 1. The summed E-state index contributed by atoms with van der Waals surface area (Å²) >= 11 is 0. The Morgan fingerprint density at radius 3 is 2.68 bits per heavy atom. The van der Waals surface area contributed by atoms with Crippen LogP contribution in [-0.4, -0.2) is 51.6 Å². The SMILES string of the molecule is CN(CC(=O)NCC#CCOc1ccccc1F)S(C)(=O)=O. The van der Waals surface area contributed by atoms with Crippen LogP contribution in [0.4, 0.5) is 4.39 Å². The molecule has 1 N–H and O–H groups in total. The molecule has 0 atom stereocenters. The van der Waals surface area contributed by atoms with Gasteiger partial charge in [0.05, 0.1) is 19.3 Å². The fraction of sp³-hybridized carbons (Fsp3) is 0.357. The van der Waals surface area contributed by atoms with E-state index in [1.807, 2.05) is 0 Å². The number of para-hydroxylation sites is 1. The molecule has 1 aromatic rings. The molecule has 120 valence electrons. The highest BCUT2D eigenvalue weighted by Gasteiger charge is 2.14. The van der Waals surface area contributed by atoms with Crippen molar-refractivity contribution in [3.63, 3.8) is 0 Å². The lowest BCUT2D eigenvalue weighted by molar-refractivity contribution is -0.120. The molecule has 0 aromatic heterocycles. The number of rotatable bonds is 6. The fourth-order valence-electron chi connectivity index (χ4n) is 1.31. The molecular formula is C14H17FN2O4S. The maximum absolute atomic E-state index is 13.2. The molecule has 0 bridgehead atoms. The summed E-state index contributed by atoms with van der Waals surface area (Å²) in [4.78, 5) is 11.4. The molecule has 0 aliphatic rings. The van der Waals surface area contributed by atoms with E-state index in [2.05, 4.69) is 17.2 Å². The Balaban J connectivity index is 2.28. The average Bonchev–Trinajstić information content (AvgIpc) is 2.43. The average molecular weight is 328 g/mol. The first kappa shape index (κ1) is 17.9. The lowest BCUT2D eigenvalue weighted by Crippen LogP contribution is -2.37. The number of sulfonamides is 1. The summed E-state index contributed by atoms with van der Waals surface area (Å²) < 4.78 is 41.5. The van der Waals surface area contributed by atoms with Crippen molar-refractivity contribution < 1.29 is 22.3 Å². The maximum Gasteiger partial charge on any atom is 0.236 e. The predicted molar refractivity (Wildman–Crippen MR) is 80.2 cm³/mol. The van der Waals surface area contributed by atoms with Crippen LogP contribution in [0, 0.1) is 17.7 Å². The minimum absolute atomic E-state index is 0.0138. The third kappa shape index (κ3) is 6.56. The van der Waals surface area contributed by atoms with Gasteiger partial charge in [-0.3, -0.25) is 4.79 Å². The van der Waals surface area contributed by atoms with Crippen molar-refractivity contribution in [2.45, 2.75) is 0 Å². The molecule has 0 heterocycles. The van der Waals surface area contributed by atoms with Crippen molar-refractivity contribution >= 4 is 15.9 Å². The molecule has 8 heteroatoms. The molecule has 1 amide bonds. The summed E-state index contributed by atoms with van der Waals surface area (Å²) in [6.07, 6.45) is 1.01. The van der Waals surface area contributed by atoms with Gasteiger partial charge >= 0.3 is 0 Å².